The Morgan fingerprint density at radius 1 is 1.36 bits per heavy atom. The zero-order valence-corrected chi connectivity index (χ0v) is 18.1. The molecule has 0 atom stereocenters. The van der Waals surface area contributed by atoms with Crippen LogP contribution in [0, 0.1) is 6.92 Å². The van der Waals surface area contributed by atoms with E-state index in [-0.39, 0.29) is 11.4 Å². The first-order valence-electron chi connectivity index (χ1n) is 9.39. The second-order valence-electron chi connectivity index (χ2n) is 7.44. The highest BCUT2D eigenvalue weighted by Crippen LogP contribution is 2.26. The molecule has 1 aliphatic heterocycles. The van der Waals surface area contributed by atoms with Crippen LogP contribution < -0.4 is 5.32 Å². The van der Waals surface area contributed by atoms with Crippen LogP contribution in [0.2, 0.25) is 5.02 Å². The van der Waals surface area contributed by atoms with Crippen molar-refractivity contribution in [1.82, 2.24) is 19.8 Å². The van der Waals surface area contributed by atoms with Gasteiger partial charge in [-0.15, -0.1) is 0 Å². The fourth-order valence-electron chi connectivity index (χ4n) is 3.21. The van der Waals surface area contributed by atoms with E-state index in [2.05, 4.69) is 29.0 Å². The Labute approximate surface area is 175 Å². The zero-order chi connectivity index (χ0) is 20.1. The quantitative estimate of drug-likeness (QED) is 0.694. The first kappa shape index (κ1) is 21.2. The van der Waals surface area contributed by atoms with Gasteiger partial charge in [0.2, 0.25) is 5.91 Å². The molecule has 0 radical (unpaired) electrons. The lowest BCUT2D eigenvalue weighted by Gasteiger charge is -2.40. The number of thioether (sulfide) groups is 1. The molecule has 1 aliphatic rings. The van der Waals surface area contributed by atoms with Gasteiger partial charge in [0.05, 0.1) is 24.7 Å². The molecule has 2 aromatic rings. The molecule has 1 saturated heterocycles. The zero-order valence-electron chi connectivity index (χ0n) is 16.6. The summed E-state index contributed by atoms with van der Waals surface area (Å²) in [5.41, 5.74) is 1.86. The van der Waals surface area contributed by atoms with Crippen LogP contribution in [0.15, 0.2) is 35.7 Å². The third-order valence-corrected chi connectivity index (χ3v) is 6.40. The van der Waals surface area contributed by atoms with Crippen molar-refractivity contribution < 1.29 is 9.53 Å². The van der Waals surface area contributed by atoms with E-state index in [1.807, 2.05) is 35.9 Å². The highest BCUT2D eigenvalue weighted by atomic mass is 35.5. The summed E-state index contributed by atoms with van der Waals surface area (Å²) in [5.74, 6) is 0.319. The van der Waals surface area contributed by atoms with E-state index in [4.69, 9.17) is 16.3 Å². The number of carbonyl (C=O) groups is 1. The summed E-state index contributed by atoms with van der Waals surface area (Å²) in [6, 6.07) is 5.78. The predicted molar refractivity (Wildman–Crippen MR) is 114 cm³/mol. The Morgan fingerprint density at radius 3 is 2.86 bits per heavy atom. The number of imidazole rings is 1. The van der Waals surface area contributed by atoms with Crippen molar-refractivity contribution >= 4 is 29.3 Å². The van der Waals surface area contributed by atoms with Gasteiger partial charge in [0.25, 0.3) is 0 Å². The summed E-state index contributed by atoms with van der Waals surface area (Å²) in [6.07, 6.45) is 3.63. The number of aromatic nitrogens is 2. The van der Waals surface area contributed by atoms with E-state index in [1.165, 1.54) is 11.8 Å². The van der Waals surface area contributed by atoms with Crippen LogP contribution in [0.1, 0.15) is 19.4 Å². The van der Waals surface area contributed by atoms with Crippen molar-refractivity contribution in [3.63, 3.8) is 0 Å². The van der Waals surface area contributed by atoms with Crippen molar-refractivity contribution in [3.8, 4) is 5.69 Å². The Balaban J connectivity index is 1.56. The monoisotopic (exact) mass is 422 g/mol. The minimum absolute atomic E-state index is 0.00343. The number of halogens is 1. The van der Waals surface area contributed by atoms with Crippen LogP contribution in [0.25, 0.3) is 5.69 Å². The Bertz CT molecular complexity index is 818. The summed E-state index contributed by atoms with van der Waals surface area (Å²) in [7, 11) is 0. The molecule has 0 aliphatic carbocycles. The Morgan fingerprint density at radius 2 is 2.11 bits per heavy atom. The lowest BCUT2D eigenvalue weighted by molar-refractivity contribution is -0.119. The number of ether oxygens (including phenoxy) is 1. The highest BCUT2D eigenvalue weighted by Gasteiger charge is 2.28. The van der Waals surface area contributed by atoms with Crippen LogP contribution in [-0.2, 0) is 9.53 Å². The van der Waals surface area contributed by atoms with Crippen molar-refractivity contribution in [1.29, 1.82) is 0 Å². The van der Waals surface area contributed by atoms with Gasteiger partial charge in [-0.2, -0.15) is 0 Å². The second kappa shape index (κ2) is 9.31. The number of rotatable bonds is 7. The number of carbonyl (C=O) groups excluding carboxylic acids is 1. The molecular formula is C20H27ClN4O2S. The minimum atomic E-state index is -0.0968. The highest BCUT2D eigenvalue weighted by molar-refractivity contribution is 7.99. The molecule has 1 N–H and O–H groups in total. The molecule has 0 bridgehead atoms. The van der Waals surface area contributed by atoms with Crippen LogP contribution in [0.3, 0.4) is 0 Å². The third kappa shape index (κ3) is 5.08. The fraction of sp³-hybridized carbons (Fsp3) is 0.500. The van der Waals surface area contributed by atoms with Gasteiger partial charge >= 0.3 is 0 Å². The smallest absolute Gasteiger partial charge is 0.230 e. The maximum absolute atomic E-state index is 12.4. The molecular weight excluding hydrogens is 396 g/mol. The summed E-state index contributed by atoms with van der Waals surface area (Å²) in [5, 5.41) is 4.55. The van der Waals surface area contributed by atoms with E-state index in [0.29, 0.717) is 17.3 Å². The van der Waals surface area contributed by atoms with Gasteiger partial charge in [-0.05, 0) is 38.5 Å². The minimum Gasteiger partial charge on any atom is -0.379 e. The third-order valence-electron chi connectivity index (χ3n) is 5.02. The molecule has 1 aromatic heterocycles. The topological polar surface area (TPSA) is 59.4 Å². The van der Waals surface area contributed by atoms with Gasteiger partial charge < -0.3 is 10.1 Å². The van der Waals surface area contributed by atoms with Crippen molar-refractivity contribution in [3.05, 3.63) is 41.2 Å². The molecule has 2 heterocycles. The number of nitrogens with zero attached hydrogens (tertiary/aromatic N) is 3. The van der Waals surface area contributed by atoms with Crippen LogP contribution in [0.4, 0.5) is 0 Å². The number of hydrogen-bond acceptors (Lipinski definition) is 5. The maximum atomic E-state index is 12.4. The largest absolute Gasteiger partial charge is 0.379 e. The molecule has 6 nitrogen and oxygen atoms in total. The molecule has 0 spiro atoms. The molecule has 0 unspecified atom stereocenters. The van der Waals surface area contributed by atoms with E-state index in [0.717, 1.165) is 42.7 Å². The molecule has 0 saturated carbocycles. The number of hydrogen-bond donors (Lipinski definition) is 1. The van der Waals surface area contributed by atoms with Gasteiger partial charge in [0, 0.05) is 42.6 Å². The van der Waals surface area contributed by atoms with Crippen molar-refractivity contribution in [2.45, 2.75) is 31.5 Å². The van der Waals surface area contributed by atoms with Crippen LogP contribution in [0.5, 0.6) is 0 Å². The lowest BCUT2D eigenvalue weighted by Crippen LogP contribution is -2.55. The summed E-state index contributed by atoms with van der Waals surface area (Å²) in [4.78, 5) is 19.2. The number of benzene rings is 1. The van der Waals surface area contributed by atoms with Crippen molar-refractivity contribution in [2.24, 2.45) is 0 Å². The molecule has 1 amide bonds. The van der Waals surface area contributed by atoms with Crippen LogP contribution >= 0.6 is 23.4 Å². The molecule has 152 valence electrons. The average Bonchev–Trinajstić information content (AvgIpc) is 3.16. The lowest BCUT2D eigenvalue weighted by atomic mass is 10.0. The number of nitrogens with one attached hydrogen (secondary N) is 1. The summed E-state index contributed by atoms with van der Waals surface area (Å²) >= 11 is 7.66. The predicted octanol–water partition coefficient (Wildman–Crippen LogP) is 3.15. The molecule has 1 fully saturated rings. The molecule has 28 heavy (non-hydrogen) atoms. The first-order valence-corrected chi connectivity index (χ1v) is 10.8. The normalized spacial score (nSPS) is 15.6. The molecule has 1 aromatic carbocycles. The SMILES string of the molecule is Cc1c(Cl)cccc1-n1ccnc1SCC(=O)NCC(C)(C)N1CCOCC1. The maximum Gasteiger partial charge on any atom is 0.230 e. The number of amides is 1. The number of morpholine rings is 1. The first-order chi connectivity index (χ1) is 13.4. The van der Waals surface area contributed by atoms with E-state index < -0.39 is 0 Å². The second-order valence-corrected chi connectivity index (χ2v) is 8.79. The van der Waals surface area contributed by atoms with Gasteiger partial charge in [-0.25, -0.2) is 4.98 Å². The Hall–Kier alpha value is -1.54. The molecule has 3 rings (SSSR count). The Kier molecular flexibility index (Phi) is 7.04. The summed E-state index contributed by atoms with van der Waals surface area (Å²) in [6.45, 7) is 10.2. The van der Waals surface area contributed by atoms with Gasteiger partial charge in [-0.1, -0.05) is 29.4 Å². The van der Waals surface area contributed by atoms with E-state index in [1.54, 1.807) is 6.20 Å². The van der Waals surface area contributed by atoms with E-state index >= 15 is 0 Å². The van der Waals surface area contributed by atoms with Crippen molar-refractivity contribution in [2.75, 3.05) is 38.6 Å². The van der Waals surface area contributed by atoms with Gasteiger partial charge in [0.15, 0.2) is 5.16 Å². The fourth-order valence-corrected chi connectivity index (χ4v) is 4.18. The molecule has 8 heteroatoms. The average molecular weight is 423 g/mol. The van der Waals surface area contributed by atoms with E-state index in [9.17, 15) is 4.79 Å². The van der Waals surface area contributed by atoms with Gasteiger partial charge in [0.1, 0.15) is 0 Å². The summed E-state index contributed by atoms with van der Waals surface area (Å²) < 4.78 is 7.38. The standard InChI is InChI=1S/C20H27ClN4O2S/c1-15-16(21)5-4-6-17(15)25-8-7-22-19(25)28-13-18(26)23-14-20(2,3)24-9-11-27-12-10-24/h4-8H,9-14H2,1-3H3,(H,23,26). The van der Waals surface area contributed by atoms with Gasteiger partial charge in [-0.3, -0.25) is 14.3 Å². The van der Waals surface area contributed by atoms with Crippen LogP contribution in [-0.4, -0.2) is 64.5 Å².